The number of carbonyl (C=O) groups is 3. The van der Waals surface area contributed by atoms with E-state index in [-0.39, 0.29) is 45.8 Å². The van der Waals surface area contributed by atoms with E-state index in [4.69, 9.17) is 18.9 Å². The van der Waals surface area contributed by atoms with Gasteiger partial charge in [-0.15, -0.1) is 0 Å². The number of ether oxygens (including phenoxy) is 4. The number of amides is 2. The van der Waals surface area contributed by atoms with E-state index in [0.29, 0.717) is 54.4 Å². The summed E-state index contributed by atoms with van der Waals surface area (Å²) in [5.41, 5.74) is 4.80. The third-order valence-electron chi connectivity index (χ3n) is 7.71. The Labute approximate surface area is 298 Å². The average molecular weight is 687 g/mol. The van der Waals surface area contributed by atoms with Crippen LogP contribution in [-0.4, -0.2) is 81.9 Å². The van der Waals surface area contributed by atoms with Gasteiger partial charge in [-0.25, -0.2) is 0 Å². The summed E-state index contributed by atoms with van der Waals surface area (Å²) in [5.74, 6) is 0.638. The molecule has 0 saturated heterocycles. The number of nitrogens with zero attached hydrogens (tertiary/aromatic N) is 2. The summed E-state index contributed by atoms with van der Waals surface area (Å²) < 4.78 is 21.0. The molecule has 0 fully saturated rings. The second-order valence-electron chi connectivity index (χ2n) is 10.5. The van der Waals surface area contributed by atoms with Crippen molar-refractivity contribution in [3.8, 4) is 33.8 Å². The van der Waals surface area contributed by atoms with Crippen LogP contribution in [0.5, 0.6) is 11.5 Å². The van der Waals surface area contributed by atoms with Crippen molar-refractivity contribution in [2.24, 2.45) is 0 Å². The van der Waals surface area contributed by atoms with E-state index in [2.05, 4.69) is 0 Å². The Morgan fingerprint density at radius 3 is 1.58 bits per heavy atom. The zero-order valence-corrected chi connectivity index (χ0v) is 28.7. The Hall–Kier alpha value is -4.99. The van der Waals surface area contributed by atoms with Gasteiger partial charge in [0.05, 0.1) is 11.1 Å². The molecule has 0 spiro atoms. The standard InChI is InChI=1S/C20H23NO4.C19H23NO3.2CH4/c1-4-21(5-2)20(23)19-17(13-22)16(15-9-7-6-8-10-15)11-12-18(19)25-14-24-3;1-4-20(5-2)19(21)17-13-16(15-9-7-6-8-10-15)11-12-18(17)23-14-22-3;;/h6-13H,4-5,14H2,1-3H3;6-13H,4-5,14H2,1-3H3;2*1H4. The fourth-order valence-electron chi connectivity index (χ4n) is 5.16. The third-order valence-corrected chi connectivity index (χ3v) is 7.71. The lowest BCUT2D eigenvalue weighted by Crippen LogP contribution is -2.31. The first kappa shape index (κ1) is 43.0. The predicted molar refractivity (Wildman–Crippen MR) is 202 cm³/mol. The van der Waals surface area contributed by atoms with Crippen LogP contribution in [0.25, 0.3) is 22.3 Å². The highest BCUT2D eigenvalue weighted by atomic mass is 16.7. The molecule has 2 amide bonds. The lowest BCUT2D eigenvalue weighted by Gasteiger charge is -2.22. The first-order valence-electron chi connectivity index (χ1n) is 16.1. The predicted octanol–water partition coefficient (Wildman–Crippen LogP) is 8.72. The highest BCUT2D eigenvalue weighted by Crippen LogP contribution is 2.33. The molecule has 0 aromatic heterocycles. The van der Waals surface area contributed by atoms with Crippen molar-refractivity contribution in [1.29, 1.82) is 0 Å². The fraction of sp³-hybridized carbons (Fsp3) is 0.341. The second-order valence-corrected chi connectivity index (χ2v) is 10.5. The van der Waals surface area contributed by atoms with Crippen molar-refractivity contribution in [1.82, 2.24) is 9.80 Å². The second kappa shape index (κ2) is 22.6. The largest absolute Gasteiger partial charge is 0.467 e. The molecule has 270 valence electrons. The van der Waals surface area contributed by atoms with E-state index in [9.17, 15) is 14.4 Å². The van der Waals surface area contributed by atoms with Gasteiger partial charge in [0, 0.05) is 46.0 Å². The molecule has 0 unspecified atom stereocenters. The molecule has 0 bridgehead atoms. The first-order valence-corrected chi connectivity index (χ1v) is 16.1. The molecule has 0 atom stereocenters. The molecule has 0 heterocycles. The van der Waals surface area contributed by atoms with E-state index < -0.39 is 0 Å². The average Bonchev–Trinajstić information content (AvgIpc) is 3.14. The molecular weight excluding hydrogens is 632 g/mol. The Kier molecular flexibility index (Phi) is 19.5. The maximum absolute atomic E-state index is 13.0. The zero-order chi connectivity index (χ0) is 34.9. The van der Waals surface area contributed by atoms with Gasteiger partial charge in [0.1, 0.15) is 11.5 Å². The quantitative estimate of drug-likeness (QED) is 0.0912. The van der Waals surface area contributed by atoms with Crippen LogP contribution in [0.15, 0.2) is 91.0 Å². The summed E-state index contributed by atoms with van der Waals surface area (Å²) in [7, 11) is 3.06. The van der Waals surface area contributed by atoms with Crippen LogP contribution in [0.4, 0.5) is 0 Å². The van der Waals surface area contributed by atoms with E-state index in [1.54, 1.807) is 29.0 Å². The van der Waals surface area contributed by atoms with Crippen molar-refractivity contribution in [3.63, 3.8) is 0 Å². The maximum Gasteiger partial charge on any atom is 0.258 e. The van der Waals surface area contributed by atoms with Gasteiger partial charge in [-0.05, 0) is 74.2 Å². The van der Waals surface area contributed by atoms with Gasteiger partial charge in [-0.2, -0.15) is 0 Å². The van der Waals surface area contributed by atoms with Gasteiger partial charge in [-0.3, -0.25) is 14.4 Å². The maximum atomic E-state index is 13.0. The smallest absolute Gasteiger partial charge is 0.258 e. The zero-order valence-electron chi connectivity index (χ0n) is 28.7. The van der Waals surface area contributed by atoms with E-state index in [1.807, 2.05) is 107 Å². The molecular formula is C41H54N2O7. The van der Waals surface area contributed by atoms with Gasteiger partial charge in [0.2, 0.25) is 0 Å². The van der Waals surface area contributed by atoms with Gasteiger partial charge >= 0.3 is 0 Å². The van der Waals surface area contributed by atoms with E-state index >= 15 is 0 Å². The van der Waals surface area contributed by atoms with Gasteiger partial charge in [0.25, 0.3) is 11.8 Å². The molecule has 50 heavy (non-hydrogen) atoms. The number of rotatable bonds is 15. The lowest BCUT2D eigenvalue weighted by atomic mass is 9.94. The van der Waals surface area contributed by atoms with Gasteiger partial charge < -0.3 is 28.7 Å². The van der Waals surface area contributed by atoms with E-state index in [0.717, 1.165) is 23.0 Å². The highest BCUT2D eigenvalue weighted by molar-refractivity contribution is 6.07. The van der Waals surface area contributed by atoms with Crippen molar-refractivity contribution in [2.75, 3.05) is 54.0 Å². The monoisotopic (exact) mass is 686 g/mol. The highest BCUT2D eigenvalue weighted by Gasteiger charge is 2.25. The van der Waals surface area contributed by atoms with Crippen LogP contribution in [0.3, 0.4) is 0 Å². The summed E-state index contributed by atoms with van der Waals surface area (Å²) in [6.45, 7) is 10.3. The van der Waals surface area contributed by atoms with Crippen LogP contribution in [-0.2, 0) is 9.47 Å². The summed E-state index contributed by atoms with van der Waals surface area (Å²) in [6, 6.07) is 28.7. The molecule has 0 N–H and O–H groups in total. The van der Waals surface area contributed by atoms with Crippen LogP contribution in [0, 0.1) is 0 Å². The number of carbonyl (C=O) groups excluding carboxylic acids is 3. The van der Waals surface area contributed by atoms with Crippen molar-refractivity contribution in [3.05, 3.63) is 108 Å². The van der Waals surface area contributed by atoms with E-state index in [1.165, 1.54) is 7.11 Å². The Morgan fingerprint density at radius 1 is 0.600 bits per heavy atom. The number of aldehydes is 1. The molecule has 0 saturated carbocycles. The minimum atomic E-state index is -0.226. The number of benzene rings is 4. The summed E-state index contributed by atoms with van der Waals surface area (Å²) in [6.07, 6.45) is 0.721. The summed E-state index contributed by atoms with van der Waals surface area (Å²) in [5, 5.41) is 0. The van der Waals surface area contributed by atoms with Crippen molar-refractivity contribution < 1.29 is 33.3 Å². The Morgan fingerprint density at radius 2 is 1.08 bits per heavy atom. The minimum Gasteiger partial charge on any atom is -0.467 e. The molecule has 0 radical (unpaired) electrons. The molecule has 0 aliphatic heterocycles. The lowest BCUT2D eigenvalue weighted by molar-refractivity contribution is 0.0487. The summed E-state index contributed by atoms with van der Waals surface area (Å²) >= 11 is 0. The fourth-order valence-corrected chi connectivity index (χ4v) is 5.16. The molecule has 9 nitrogen and oxygen atoms in total. The van der Waals surface area contributed by atoms with Crippen LogP contribution in [0.2, 0.25) is 0 Å². The number of hydrogen-bond donors (Lipinski definition) is 0. The minimum absolute atomic E-state index is 0. The number of methoxy groups -OCH3 is 2. The third kappa shape index (κ3) is 11.0. The number of hydrogen-bond acceptors (Lipinski definition) is 7. The molecule has 4 aromatic carbocycles. The molecule has 4 aromatic rings. The molecule has 4 rings (SSSR count). The van der Waals surface area contributed by atoms with Crippen molar-refractivity contribution in [2.45, 2.75) is 42.5 Å². The first-order chi connectivity index (χ1) is 23.4. The van der Waals surface area contributed by atoms with Crippen LogP contribution in [0.1, 0.15) is 73.6 Å². The Balaban J connectivity index is 0.000000482. The molecule has 0 aliphatic carbocycles. The van der Waals surface area contributed by atoms with Crippen molar-refractivity contribution >= 4 is 18.1 Å². The van der Waals surface area contributed by atoms with Crippen LogP contribution < -0.4 is 9.47 Å². The normalized spacial score (nSPS) is 9.96. The molecule has 0 aliphatic rings. The Bertz CT molecular complexity index is 1600. The summed E-state index contributed by atoms with van der Waals surface area (Å²) in [4.78, 5) is 41.1. The topological polar surface area (TPSA) is 94.6 Å². The van der Waals surface area contributed by atoms with Gasteiger partial charge in [-0.1, -0.05) is 81.6 Å². The molecule has 9 heteroatoms. The SMILES string of the molecule is C.C.CCN(CC)C(=O)c1c(OCOC)ccc(-c2ccccc2)c1C=O.CCN(CC)C(=O)c1cc(-c2ccccc2)ccc1OCOC. The van der Waals surface area contributed by atoms with Crippen LogP contribution >= 0.6 is 0 Å². The van der Waals surface area contributed by atoms with Gasteiger partial charge in [0.15, 0.2) is 19.9 Å².